The van der Waals surface area contributed by atoms with Crippen LogP contribution in [0.2, 0.25) is 0 Å². The lowest BCUT2D eigenvalue weighted by Crippen LogP contribution is -2.04. The largest absolute Gasteiger partial charge is 0.461 e. The molecule has 0 bridgehead atoms. The van der Waals surface area contributed by atoms with E-state index in [1.165, 1.54) is 11.3 Å². The van der Waals surface area contributed by atoms with E-state index in [2.05, 4.69) is 15.3 Å². The van der Waals surface area contributed by atoms with Crippen molar-refractivity contribution in [3.05, 3.63) is 35.6 Å². The first kappa shape index (κ1) is 11.5. The molecule has 1 N–H and O–H groups in total. The van der Waals surface area contributed by atoms with Crippen LogP contribution in [0, 0.1) is 0 Å². The molecule has 0 unspecified atom stereocenters. The lowest BCUT2D eigenvalue weighted by Gasteiger charge is -2.00. The second-order valence-electron chi connectivity index (χ2n) is 3.13. The van der Waals surface area contributed by atoms with Crippen LogP contribution in [-0.2, 0) is 4.74 Å². The van der Waals surface area contributed by atoms with Gasteiger partial charge in [0.15, 0.2) is 10.8 Å². The van der Waals surface area contributed by atoms with Gasteiger partial charge in [-0.2, -0.15) is 0 Å². The molecule has 2 aromatic rings. The summed E-state index contributed by atoms with van der Waals surface area (Å²) in [6, 6.07) is 3.70. The Bertz CT molecular complexity index is 498. The second kappa shape index (κ2) is 5.40. The molecule has 0 aliphatic heterocycles. The first-order valence-electron chi connectivity index (χ1n) is 5.09. The first-order chi connectivity index (χ1) is 8.29. The van der Waals surface area contributed by atoms with Crippen molar-refractivity contribution >= 4 is 28.1 Å². The number of hydrogen-bond acceptors (Lipinski definition) is 6. The number of rotatable bonds is 4. The molecule has 17 heavy (non-hydrogen) atoms. The minimum absolute atomic E-state index is 0.322. The maximum atomic E-state index is 11.4. The van der Waals surface area contributed by atoms with Crippen molar-refractivity contribution in [3.8, 4) is 0 Å². The first-order valence-corrected chi connectivity index (χ1v) is 5.97. The fourth-order valence-corrected chi connectivity index (χ4v) is 1.89. The van der Waals surface area contributed by atoms with E-state index in [1.807, 2.05) is 12.1 Å². The molecule has 0 aliphatic rings. The van der Waals surface area contributed by atoms with E-state index in [4.69, 9.17) is 4.74 Å². The van der Waals surface area contributed by atoms with E-state index < -0.39 is 5.97 Å². The number of nitrogens with one attached hydrogen (secondary N) is 1. The third-order valence-corrected chi connectivity index (χ3v) is 2.66. The number of hydrogen-bond donors (Lipinski definition) is 1. The summed E-state index contributed by atoms with van der Waals surface area (Å²) < 4.78 is 4.86. The lowest BCUT2D eigenvalue weighted by molar-refractivity contribution is 0.0520. The van der Waals surface area contributed by atoms with Crippen LogP contribution in [0.25, 0.3) is 0 Å². The number of carbonyl (C=O) groups is 1. The zero-order valence-corrected chi connectivity index (χ0v) is 10.0. The molecular formula is C11H11N3O2S. The van der Waals surface area contributed by atoms with Gasteiger partial charge in [0.1, 0.15) is 0 Å². The molecule has 6 heteroatoms. The number of pyridine rings is 1. The molecule has 0 amide bonds. The molecule has 0 saturated heterocycles. The molecule has 0 aromatic carbocycles. The monoisotopic (exact) mass is 249 g/mol. The Morgan fingerprint density at radius 1 is 1.59 bits per heavy atom. The van der Waals surface area contributed by atoms with Crippen LogP contribution < -0.4 is 5.32 Å². The van der Waals surface area contributed by atoms with E-state index in [0.717, 1.165) is 5.69 Å². The smallest absolute Gasteiger partial charge is 0.357 e. The van der Waals surface area contributed by atoms with Crippen molar-refractivity contribution in [2.75, 3.05) is 11.9 Å². The van der Waals surface area contributed by atoms with Crippen molar-refractivity contribution in [3.63, 3.8) is 0 Å². The zero-order chi connectivity index (χ0) is 12.1. The molecule has 0 fully saturated rings. The molecule has 2 rings (SSSR count). The summed E-state index contributed by atoms with van der Waals surface area (Å²) in [6.45, 7) is 2.11. The highest BCUT2D eigenvalue weighted by molar-refractivity contribution is 7.14. The van der Waals surface area contributed by atoms with E-state index in [9.17, 15) is 4.79 Å². The lowest BCUT2D eigenvalue weighted by atomic mass is 10.4. The van der Waals surface area contributed by atoms with Gasteiger partial charge in [0.05, 0.1) is 18.5 Å². The van der Waals surface area contributed by atoms with Crippen molar-refractivity contribution in [1.82, 2.24) is 9.97 Å². The molecule has 0 spiro atoms. The summed E-state index contributed by atoms with van der Waals surface area (Å²) in [7, 11) is 0. The van der Waals surface area contributed by atoms with Crippen LogP contribution in [-0.4, -0.2) is 22.5 Å². The van der Waals surface area contributed by atoms with Crippen LogP contribution in [0.4, 0.5) is 10.8 Å². The highest BCUT2D eigenvalue weighted by atomic mass is 32.1. The SMILES string of the molecule is CCOC(=O)c1csc(Nc2cccnc2)n1. The Morgan fingerprint density at radius 2 is 2.47 bits per heavy atom. The second-order valence-corrected chi connectivity index (χ2v) is 3.98. The summed E-state index contributed by atoms with van der Waals surface area (Å²) in [4.78, 5) is 19.5. The summed E-state index contributed by atoms with van der Waals surface area (Å²) in [5.74, 6) is -0.400. The van der Waals surface area contributed by atoms with Gasteiger partial charge in [0.2, 0.25) is 0 Å². The topological polar surface area (TPSA) is 64.1 Å². The van der Waals surface area contributed by atoms with Crippen molar-refractivity contribution in [1.29, 1.82) is 0 Å². The predicted octanol–water partition coefficient (Wildman–Crippen LogP) is 2.46. The van der Waals surface area contributed by atoms with Gasteiger partial charge in [-0.15, -0.1) is 11.3 Å². The summed E-state index contributed by atoms with van der Waals surface area (Å²) in [5, 5.41) is 5.36. The predicted molar refractivity (Wildman–Crippen MR) is 65.6 cm³/mol. The van der Waals surface area contributed by atoms with Crippen LogP contribution in [0.1, 0.15) is 17.4 Å². The minimum Gasteiger partial charge on any atom is -0.461 e. The third-order valence-electron chi connectivity index (χ3n) is 1.90. The molecule has 2 heterocycles. The highest BCUT2D eigenvalue weighted by Crippen LogP contribution is 2.20. The van der Waals surface area contributed by atoms with Crippen LogP contribution in [0.5, 0.6) is 0 Å². The number of anilines is 2. The van der Waals surface area contributed by atoms with Gasteiger partial charge < -0.3 is 10.1 Å². The van der Waals surface area contributed by atoms with Gasteiger partial charge in [0.25, 0.3) is 0 Å². The van der Waals surface area contributed by atoms with E-state index in [0.29, 0.717) is 17.4 Å². The van der Waals surface area contributed by atoms with Gasteiger partial charge in [0, 0.05) is 11.6 Å². The summed E-state index contributed by atoms with van der Waals surface area (Å²) >= 11 is 1.35. The van der Waals surface area contributed by atoms with Gasteiger partial charge >= 0.3 is 5.97 Å². The third kappa shape index (κ3) is 3.01. The van der Waals surface area contributed by atoms with E-state index in [-0.39, 0.29) is 0 Å². The maximum absolute atomic E-state index is 11.4. The van der Waals surface area contributed by atoms with Crippen LogP contribution in [0.15, 0.2) is 29.9 Å². The molecule has 88 valence electrons. The molecule has 0 radical (unpaired) electrons. The summed E-state index contributed by atoms with van der Waals surface area (Å²) in [5.41, 5.74) is 1.15. The van der Waals surface area contributed by atoms with Crippen LogP contribution in [0.3, 0.4) is 0 Å². The normalized spacial score (nSPS) is 9.94. The number of nitrogens with zero attached hydrogens (tertiary/aromatic N) is 2. The number of carbonyl (C=O) groups excluding carboxylic acids is 1. The van der Waals surface area contributed by atoms with E-state index in [1.54, 1.807) is 24.7 Å². The zero-order valence-electron chi connectivity index (χ0n) is 9.21. The average molecular weight is 249 g/mol. The Kier molecular flexibility index (Phi) is 3.66. The number of ether oxygens (including phenoxy) is 1. The molecule has 2 aromatic heterocycles. The van der Waals surface area contributed by atoms with E-state index >= 15 is 0 Å². The Balaban J connectivity index is 2.06. The quantitative estimate of drug-likeness (QED) is 0.843. The average Bonchev–Trinajstić information content (AvgIpc) is 2.79. The Labute approximate surface area is 102 Å². The van der Waals surface area contributed by atoms with Gasteiger partial charge in [-0.1, -0.05) is 0 Å². The number of esters is 1. The van der Waals surface area contributed by atoms with Crippen molar-refractivity contribution < 1.29 is 9.53 Å². The van der Waals surface area contributed by atoms with Gasteiger partial charge in [-0.25, -0.2) is 9.78 Å². The van der Waals surface area contributed by atoms with Gasteiger partial charge in [-0.3, -0.25) is 4.98 Å². The summed E-state index contributed by atoms with van der Waals surface area (Å²) in [6.07, 6.45) is 3.38. The minimum atomic E-state index is -0.400. The molecule has 0 aliphatic carbocycles. The standard InChI is InChI=1S/C11H11N3O2S/c1-2-16-10(15)9-7-17-11(14-9)13-8-4-3-5-12-6-8/h3-7H,2H2,1H3,(H,13,14). The highest BCUT2D eigenvalue weighted by Gasteiger charge is 2.11. The Hall–Kier alpha value is -1.95. The molecule has 0 atom stereocenters. The Morgan fingerprint density at radius 3 is 3.18 bits per heavy atom. The van der Waals surface area contributed by atoms with Gasteiger partial charge in [-0.05, 0) is 19.1 Å². The maximum Gasteiger partial charge on any atom is 0.357 e. The van der Waals surface area contributed by atoms with Crippen molar-refractivity contribution in [2.45, 2.75) is 6.92 Å². The fourth-order valence-electron chi connectivity index (χ4n) is 1.19. The fraction of sp³-hybridized carbons (Fsp3) is 0.182. The number of thiazole rings is 1. The van der Waals surface area contributed by atoms with Crippen LogP contribution >= 0.6 is 11.3 Å². The van der Waals surface area contributed by atoms with Crippen molar-refractivity contribution in [2.24, 2.45) is 0 Å². The number of aromatic nitrogens is 2. The molecule has 5 nitrogen and oxygen atoms in total. The molecule has 0 saturated carbocycles. The molecular weight excluding hydrogens is 238 g/mol.